The monoisotopic (exact) mass is 439 g/mol. The molecule has 2 aromatic heterocycles. The molecule has 0 aliphatic carbocycles. The number of hydrogen-bond acceptors (Lipinski definition) is 4. The van der Waals surface area contributed by atoms with Crippen molar-refractivity contribution < 1.29 is 8.81 Å². The number of halogens is 2. The van der Waals surface area contributed by atoms with Gasteiger partial charge in [-0.3, -0.25) is 0 Å². The average molecular weight is 440 g/mol. The van der Waals surface area contributed by atoms with E-state index in [1.54, 1.807) is 18.4 Å². The van der Waals surface area contributed by atoms with Gasteiger partial charge in [0, 0.05) is 23.6 Å². The standard InChI is InChI=1S/C22H19BrFN3O/c1-13-12-28-21-6-4-16(10-17(13)21)20-11-22(27-14(2)26-20)25-8-7-15-3-5-19(24)18(23)9-15/h3-6,9-12H,7-8H2,1-2H3,(H,25,26,27). The maximum Gasteiger partial charge on any atom is 0.137 e. The second-order valence-corrected chi connectivity index (χ2v) is 7.59. The highest BCUT2D eigenvalue weighted by Gasteiger charge is 2.08. The van der Waals surface area contributed by atoms with Crippen LogP contribution in [0.2, 0.25) is 0 Å². The normalized spacial score (nSPS) is 11.1. The van der Waals surface area contributed by atoms with Gasteiger partial charge in [-0.05, 0) is 77.7 Å². The van der Waals surface area contributed by atoms with Crippen molar-refractivity contribution in [3.8, 4) is 11.3 Å². The Morgan fingerprint density at radius 1 is 1.07 bits per heavy atom. The van der Waals surface area contributed by atoms with Crippen molar-refractivity contribution in [2.75, 3.05) is 11.9 Å². The molecule has 6 heteroatoms. The second kappa shape index (κ2) is 7.72. The van der Waals surface area contributed by atoms with Crippen molar-refractivity contribution in [3.63, 3.8) is 0 Å². The molecule has 4 nitrogen and oxygen atoms in total. The number of nitrogens with one attached hydrogen (secondary N) is 1. The van der Waals surface area contributed by atoms with E-state index < -0.39 is 0 Å². The Hall–Kier alpha value is -2.73. The molecule has 0 spiro atoms. The van der Waals surface area contributed by atoms with Gasteiger partial charge in [-0.1, -0.05) is 6.07 Å². The van der Waals surface area contributed by atoms with Crippen molar-refractivity contribution in [2.45, 2.75) is 20.3 Å². The SMILES string of the molecule is Cc1nc(NCCc2ccc(F)c(Br)c2)cc(-c2ccc3occ(C)c3c2)n1. The molecule has 2 aromatic carbocycles. The summed E-state index contributed by atoms with van der Waals surface area (Å²) >= 11 is 3.22. The van der Waals surface area contributed by atoms with Crippen LogP contribution in [0, 0.1) is 19.7 Å². The Morgan fingerprint density at radius 3 is 2.75 bits per heavy atom. The van der Waals surface area contributed by atoms with Crippen molar-refractivity contribution in [1.29, 1.82) is 0 Å². The van der Waals surface area contributed by atoms with Crippen LogP contribution in [0.5, 0.6) is 0 Å². The molecule has 0 bridgehead atoms. The topological polar surface area (TPSA) is 51.0 Å². The van der Waals surface area contributed by atoms with Crippen molar-refractivity contribution in [1.82, 2.24) is 9.97 Å². The number of aryl methyl sites for hydroxylation is 2. The van der Waals surface area contributed by atoms with Crippen LogP contribution >= 0.6 is 15.9 Å². The van der Waals surface area contributed by atoms with E-state index in [0.29, 0.717) is 16.8 Å². The lowest BCUT2D eigenvalue weighted by Gasteiger charge is -2.09. The maximum absolute atomic E-state index is 13.4. The summed E-state index contributed by atoms with van der Waals surface area (Å²) in [5, 5.41) is 4.43. The van der Waals surface area contributed by atoms with E-state index in [0.717, 1.165) is 45.6 Å². The summed E-state index contributed by atoms with van der Waals surface area (Å²) < 4.78 is 19.4. The number of anilines is 1. The summed E-state index contributed by atoms with van der Waals surface area (Å²) in [4.78, 5) is 9.06. The molecule has 0 aliphatic rings. The van der Waals surface area contributed by atoms with Gasteiger partial charge in [0.25, 0.3) is 0 Å². The number of aromatic nitrogens is 2. The van der Waals surface area contributed by atoms with Crippen LogP contribution in [-0.2, 0) is 6.42 Å². The zero-order valence-corrected chi connectivity index (χ0v) is 17.2. The van der Waals surface area contributed by atoms with E-state index in [1.807, 2.05) is 32.0 Å². The number of fused-ring (bicyclic) bond motifs is 1. The van der Waals surface area contributed by atoms with Gasteiger partial charge < -0.3 is 9.73 Å². The Morgan fingerprint density at radius 2 is 1.93 bits per heavy atom. The van der Waals surface area contributed by atoms with Crippen LogP contribution in [0.3, 0.4) is 0 Å². The highest BCUT2D eigenvalue weighted by atomic mass is 79.9. The van der Waals surface area contributed by atoms with Gasteiger partial charge in [-0.2, -0.15) is 0 Å². The van der Waals surface area contributed by atoms with Crippen LogP contribution in [-0.4, -0.2) is 16.5 Å². The summed E-state index contributed by atoms with van der Waals surface area (Å²) in [7, 11) is 0. The lowest BCUT2D eigenvalue weighted by Crippen LogP contribution is -2.08. The van der Waals surface area contributed by atoms with Crippen molar-refractivity contribution in [3.05, 3.63) is 76.0 Å². The van der Waals surface area contributed by atoms with E-state index >= 15 is 0 Å². The van der Waals surface area contributed by atoms with E-state index in [2.05, 4.69) is 37.3 Å². The molecule has 2 heterocycles. The first kappa shape index (κ1) is 18.6. The molecule has 28 heavy (non-hydrogen) atoms. The Kier molecular flexibility index (Phi) is 5.13. The van der Waals surface area contributed by atoms with Crippen molar-refractivity contribution in [2.24, 2.45) is 0 Å². The molecule has 0 radical (unpaired) electrons. The molecule has 0 saturated heterocycles. The average Bonchev–Trinajstić information content (AvgIpc) is 3.05. The van der Waals surface area contributed by atoms with Gasteiger partial charge in [0.2, 0.25) is 0 Å². The maximum atomic E-state index is 13.4. The fourth-order valence-corrected chi connectivity index (χ4v) is 3.58. The van der Waals surface area contributed by atoms with Crippen LogP contribution < -0.4 is 5.32 Å². The minimum atomic E-state index is -0.252. The van der Waals surface area contributed by atoms with E-state index in [4.69, 9.17) is 4.42 Å². The Balaban J connectivity index is 1.52. The van der Waals surface area contributed by atoms with E-state index in [1.165, 1.54) is 6.07 Å². The molecule has 142 valence electrons. The molecule has 0 unspecified atom stereocenters. The molecule has 0 saturated carbocycles. The molecule has 4 aromatic rings. The third kappa shape index (κ3) is 3.92. The first-order chi connectivity index (χ1) is 13.5. The van der Waals surface area contributed by atoms with Gasteiger partial charge in [0.1, 0.15) is 23.0 Å². The van der Waals surface area contributed by atoms with Gasteiger partial charge in [-0.25, -0.2) is 14.4 Å². The molecule has 0 aliphatic heterocycles. The molecule has 0 amide bonds. The molecule has 0 atom stereocenters. The zero-order valence-electron chi connectivity index (χ0n) is 15.6. The fourth-order valence-electron chi connectivity index (χ4n) is 3.15. The predicted molar refractivity (Wildman–Crippen MR) is 113 cm³/mol. The fraction of sp³-hybridized carbons (Fsp3) is 0.182. The highest BCUT2D eigenvalue weighted by molar-refractivity contribution is 9.10. The van der Waals surface area contributed by atoms with Crippen LogP contribution in [0.25, 0.3) is 22.2 Å². The number of furan rings is 1. The second-order valence-electron chi connectivity index (χ2n) is 6.74. The quantitative estimate of drug-likeness (QED) is 0.410. The smallest absolute Gasteiger partial charge is 0.137 e. The number of nitrogens with zero attached hydrogens (tertiary/aromatic N) is 2. The molecular formula is C22H19BrFN3O. The third-order valence-electron chi connectivity index (χ3n) is 4.60. The van der Waals surface area contributed by atoms with Crippen LogP contribution in [0.4, 0.5) is 10.2 Å². The van der Waals surface area contributed by atoms with Gasteiger partial charge in [0.05, 0.1) is 16.4 Å². The van der Waals surface area contributed by atoms with Crippen LogP contribution in [0.15, 0.2) is 57.6 Å². The summed E-state index contributed by atoms with van der Waals surface area (Å²) in [6.07, 6.45) is 2.53. The zero-order chi connectivity index (χ0) is 19.7. The summed E-state index contributed by atoms with van der Waals surface area (Å²) in [5.41, 5.74) is 4.91. The molecule has 4 rings (SSSR count). The molecule has 0 fully saturated rings. The molecule has 1 N–H and O–H groups in total. The van der Waals surface area contributed by atoms with Crippen LogP contribution in [0.1, 0.15) is 17.0 Å². The third-order valence-corrected chi connectivity index (χ3v) is 5.21. The Bertz CT molecular complexity index is 1160. The number of hydrogen-bond donors (Lipinski definition) is 1. The summed E-state index contributed by atoms with van der Waals surface area (Å²) in [6, 6.07) is 13.1. The van der Waals surface area contributed by atoms with Gasteiger partial charge in [0.15, 0.2) is 0 Å². The Labute approximate surface area is 171 Å². The van der Waals surface area contributed by atoms with Crippen molar-refractivity contribution >= 4 is 32.7 Å². The first-order valence-electron chi connectivity index (χ1n) is 9.01. The lowest BCUT2D eigenvalue weighted by atomic mass is 10.1. The van der Waals surface area contributed by atoms with Gasteiger partial charge in [-0.15, -0.1) is 0 Å². The lowest BCUT2D eigenvalue weighted by molar-refractivity contribution is 0.613. The van der Waals surface area contributed by atoms with E-state index in [-0.39, 0.29) is 5.82 Å². The highest BCUT2D eigenvalue weighted by Crippen LogP contribution is 2.27. The number of rotatable bonds is 5. The minimum Gasteiger partial charge on any atom is -0.464 e. The molecular weight excluding hydrogens is 421 g/mol. The summed E-state index contributed by atoms with van der Waals surface area (Å²) in [6.45, 7) is 4.60. The predicted octanol–water partition coefficient (Wildman–Crippen LogP) is 6.06. The largest absolute Gasteiger partial charge is 0.464 e. The number of benzene rings is 2. The van der Waals surface area contributed by atoms with Gasteiger partial charge >= 0.3 is 0 Å². The van der Waals surface area contributed by atoms with E-state index in [9.17, 15) is 4.39 Å². The minimum absolute atomic E-state index is 0.252. The summed E-state index contributed by atoms with van der Waals surface area (Å²) in [5.74, 6) is 1.22. The first-order valence-corrected chi connectivity index (χ1v) is 9.80.